The first-order valence-corrected chi connectivity index (χ1v) is 18.6. The van der Waals surface area contributed by atoms with Crippen LogP contribution in [0.3, 0.4) is 0 Å². The lowest BCUT2D eigenvalue weighted by molar-refractivity contribution is 0.661. The minimum atomic E-state index is -0.142. The molecule has 0 bridgehead atoms. The maximum Gasteiger partial charge on any atom is 0.0159 e. The first-order chi connectivity index (χ1) is 26.0. The van der Waals surface area contributed by atoms with Gasteiger partial charge in [-0.05, 0) is 124 Å². The lowest BCUT2D eigenvalue weighted by atomic mass is 9.80. The molecule has 53 heavy (non-hydrogen) atoms. The van der Waals surface area contributed by atoms with Crippen LogP contribution in [0, 0.1) is 0 Å². The molecule has 0 nitrogen and oxygen atoms in total. The predicted octanol–water partition coefficient (Wildman–Crippen LogP) is 14.6. The maximum absolute atomic E-state index is 2.45. The van der Waals surface area contributed by atoms with Crippen molar-refractivity contribution in [1.29, 1.82) is 0 Å². The van der Waals surface area contributed by atoms with Crippen molar-refractivity contribution in [3.05, 3.63) is 205 Å². The summed E-state index contributed by atoms with van der Waals surface area (Å²) in [5.74, 6) is 0. The summed E-state index contributed by atoms with van der Waals surface area (Å²) >= 11 is 0. The van der Waals surface area contributed by atoms with E-state index in [0.717, 1.165) is 0 Å². The lowest BCUT2D eigenvalue weighted by Gasteiger charge is -2.23. The second kappa shape index (κ2) is 12.3. The molecule has 0 N–H and O–H groups in total. The van der Waals surface area contributed by atoms with Gasteiger partial charge in [0.05, 0.1) is 0 Å². The van der Waals surface area contributed by atoms with Crippen LogP contribution >= 0.6 is 0 Å². The summed E-state index contributed by atoms with van der Waals surface area (Å²) in [6.07, 6.45) is 0. The van der Waals surface area contributed by atoms with Crippen molar-refractivity contribution >= 4 is 21.5 Å². The Morgan fingerprint density at radius 2 is 0.642 bits per heavy atom. The molecule has 0 saturated heterocycles. The Bertz CT molecular complexity index is 2820. The molecule has 0 saturated carbocycles. The van der Waals surface area contributed by atoms with Crippen LogP contribution in [-0.4, -0.2) is 0 Å². The second-order valence-corrected chi connectivity index (χ2v) is 14.9. The van der Waals surface area contributed by atoms with E-state index in [1.54, 1.807) is 0 Å². The molecule has 10 rings (SSSR count). The number of hydrogen-bond acceptors (Lipinski definition) is 0. The van der Waals surface area contributed by atoms with E-state index < -0.39 is 0 Å². The number of fused-ring (bicyclic) bond motifs is 5. The Balaban J connectivity index is 1.11. The van der Waals surface area contributed by atoms with Gasteiger partial charge in [0, 0.05) is 5.41 Å². The Morgan fingerprint density at radius 3 is 1.19 bits per heavy atom. The standard InChI is InChI=1S/C53H38/c1-53(2)49-33-41(39-22-14-21-38(31-39)35-15-6-3-7-16-35)25-28-43(49)44-29-26-42(34-50(44)53)40-27-30-47-48(32-40)52(37-19-10-5-11-20-37)46-24-13-12-23-45(46)51(47)36-17-8-4-9-18-36/h3-34H,1-2H3. The molecule has 0 fully saturated rings. The third kappa shape index (κ3) is 5.13. The molecule has 0 heteroatoms. The largest absolute Gasteiger partial charge is 0.0622 e. The topological polar surface area (TPSA) is 0 Å². The van der Waals surface area contributed by atoms with Gasteiger partial charge in [0.25, 0.3) is 0 Å². The summed E-state index contributed by atoms with van der Waals surface area (Å²) in [7, 11) is 0. The molecule has 9 aromatic rings. The Hall–Kier alpha value is -6.50. The van der Waals surface area contributed by atoms with Gasteiger partial charge in [-0.1, -0.05) is 184 Å². The molecular formula is C53H38. The average Bonchev–Trinajstić information content (AvgIpc) is 3.45. The van der Waals surface area contributed by atoms with Crippen LogP contribution in [0.15, 0.2) is 194 Å². The fourth-order valence-corrected chi connectivity index (χ4v) is 8.80. The highest BCUT2D eigenvalue weighted by Crippen LogP contribution is 2.51. The average molecular weight is 675 g/mol. The van der Waals surface area contributed by atoms with Gasteiger partial charge in [0.2, 0.25) is 0 Å². The number of rotatable bonds is 5. The first kappa shape index (κ1) is 31.3. The molecule has 250 valence electrons. The monoisotopic (exact) mass is 674 g/mol. The molecule has 0 heterocycles. The SMILES string of the molecule is CC1(C)c2cc(-c3cccc(-c4ccccc4)c3)ccc2-c2ccc(-c3ccc4c(-c5ccccc5)c5ccccc5c(-c5ccccc5)c4c3)cc21. The van der Waals surface area contributed by atoms with E-state index in [-0.39, 0.29) is 5.41 Å². The van der Waals surface area contributed by atoms with Gasteiger partial charge in [-0.3, -0.25) is 0 Å². The van der Waals surface area contributed by atoms with E-state index in [1.807, 2.05) is 0 Å². The predicted molar refractivity (Wildman–Crippen MR) is 226 cm³/mol. The molecule has 0 amide bonds. The van der Waals surface area contributed by atoms with E-state index in [0.29, 0.717) is 0 Å². The van der Waals surface area contributed by atoms with Crippen LogP contribution in [0.1, 0.15) is 25.0 Å². The smallest absolute Gasteiger partial charge is 0.0159 e. The van der Waals surface area contributed by atoms with Gasteiger partial charge in [0.15, 0.2) is 0 Å². The van der Waals surface area contributed by atoms with Crippen molar-refractivity contribution in [2.24, 2.45) is 0 Å². The highest BCUT2D eigenvalue weighted by molar-refractivity contribution is 6.22. The molecule has 0 aliphatic heterocycles. The zero-order valence-electron chi connectivity index (χ0n) is 30.0. The van der Waals surface area contributed by atoms with Gasteiger partial charge < -0.3 is 0 Å². The molecule has 1 aliphatic carbocycles. The van der Waals surface area contributed by atoms with Crippen LogP contribution in [0.5, 0.6) is 0 Å². The van der Waals surface area contributed by atoms with Crippen molar-refractivity contribution in [1.82, 2.24) is 0 Å². The molecular weight excluding hydrogens is 637 g/mol. The Morgan fingerprint density at radius 1 is 0.264 bits per heavy atom. The summed E-state index contributed by atoms with van der Waals surface area (Å²) in [4.78, 5) is 0. The molecule has 0 atom stereocenters. The third-order valence-electron chi connectivity index (χ3n) is 11.5. The van der Waals surface area contributed by atoms with Crippen molar-refractivity contribution in [3.8, 4) is 66.8 Å². The zero-order valence-corrected chi connectivity index (χ0v) is 30.0. The number of benzene rings is 9. The molecule has 0 spiro atoms. The maximum atomic E-state index is 2.45. The van der Waals surface area contributed by atoms with Gasteiger partial charge in [-0.2, -0.15) is 0 Å². The summed E-state index contributed by atoms with van der Waals surface area (Å²) in [5.41, 5.74) is 17.8. The lowest BCUT2D eigenvalue weighted by Crippen LogP contribution is -2.15. The summed E-state index contributed by atoms with van der Waals surface area (Å²) < 4.78 is 0. The van der Waals surface area contributed by atoms with Crippen LogP contribution in [0.4, 0.5) is 0 Å². The highest BCUT2D eigenvalue weighted by atomic mass is 14.4. The van der Waals surface area contributed by atoms with E-state index in [4.69, 9.17) is 0 Å². The quantitative estimate of drug-likeness (QED) is 0.159. The van der Waals surface area contributed by atoms with E-state index in [9.17, 15) is 0 Å². The zero-order chi connectivity index (χ0) is 35.5. The Kier molecular flexibility index (Phi) is 7.27. The fourth-order valence-electron chi connectivity index (χ4n) is 8.80. The van der Waals surface area contributed by atoms with E-state index >= 15 is 0 Å². The van der Waals surface area contributed by atoms with Gasteiger partial charge in [-0.15, -0.1) is 0 Å². The van der Waals surface area contributed by atoms with Crippen LogP contribution in [0.25, 0.3) is 88.3 Å². The van der Waals surface area contributed by atoms with Crippen molar-refractivity contribution in [2.45, 2.75) is 19.3 Å². The summed E-state index contributed by atoms with van der Waals surface area (Å²) in [6, 6.07) is 71.6. The highest BCUT2D eigenvalue weighted by Gasteiger charge is 2.36. The molecule has 0 unspecified atom stereocenters. The van der Waals surface area contributed by atoms with Crippen LogP contribution in [0.2, 0.25) is 0 Å². The second-order valence-electron chi connectivity index (χ2n) is 14.9. The minimum Gasteiger partial charge on any atom is -0.0622 e. The molecule has 0 radical (unpaired) electrons. The number of hydrogen-bond donors (Lipinski definition) is 0. The molecule has 9 aromatic carbocycles. The van der Waals surface area contributed by atoms with Crippen molar-refractivity contribution in [3.63, 3.8) is 0 Å². The summed E-state index contributed by atoms with van der Waals surface area (Å²) in [5, 5.41) is 5.10. The Labute approximate surface area is 311 Å². The summed E-state index contributed by atoms with van der Waals surface area (Å²) in [6.45, 7) is 4.77. The first-order valence-electron chi connectivity index (χ1n) is 18.6. The third-order valence-corrected chi connectivity index (χ3v) is 11.5. The van der Waals surface area contributed by atoms with E-state index in [2.05, 4.69) is 208 Å². The molecule has 1 aliphatic rings. The normalized spacial score (nSPS) is 12.9. The van der Waals surface area contributed by atoms with E-state index in [1.165, 1.54) is 99.4 Å². The van der Waals surface area contributed by atoms with Crippen molar-refractivity contribution in [2.75, 3.05) is 0 Å². The van der Waals surface area contributed by atoms with Crippen LogP contribution in [-0.2, 0) is 5.41 Å². The fraction of sp³-hybridized carbons (Fsp3) is 0.0566. The molecule has 0 aromatic heterocycles. The minimum absolute atomic E-state index is 0.142. The van der Waals surface area contributed by atoms with Gasteiger partial charge >= 0.3 is 0 Å². The van der Waals surface area contributed by atoms with Gasteiger partial charge in [0.1, 0.15) is 0 Å². The van der Waals surface area contributed by atoms with Gasteiger partial charge in [-0.25, -0.2) is 0 Å². The van der Waals surface area contributed by atoms with Crippen LogP contribution < -0.4 is 0 Å². The van der Waals surface area contributed by atoms with Crippen molar-refractivity contribution < 1.29 is 0 Å².